The maximum Gasteiger partial charge on any atom is 0.407 e. The van der Waals surface area contributed by atoms with Crippen molar-refractivity contribution < 1.29 is 107 Å². The molecule has 370 valence electrons. The maximum atomic E-state index is 13.2. The highest BCUT2D eigenvalue weighted by molar-refractivity contribution is 7.45. The van der Waals surface area contributed by atoms with E-state index in [-0.39, 0.29) is 57.5 Å². The Bertz CT molecular complexity index is 1750. The number of aliphatic hydroxyl groups excluding tert-OH is 6. The van der Waals surface area contributed by atoms with Crippen LogP contribution in [0.5, 0.6) is 0 Å². The SMILES string of the molecule is C=C1N=C(N)C=CN1[C@@H]1OC(COP(=O)([O-])OC2(C(=O)[O-])CC(O)C(NC(=O)CNC(=O)[C@H](CCCCNC(=O)OCCOC)NC(=O)OCCOC)C([C@H](O)[C@H](O)CO)O2)[C@@H](O)[C@H]1O. The number of nitrogens with zero attached hydrogens (tertiary/aromatic N) is 2. The number of nitrogens with two attached hydrogens (primary N) is 1. The zero-order chi connectivity index (χ0) is 48.5. The summed E-state index contributed by atoms with van der Waals surface area (Å²) >= 11 is 0. The smallest absolute Gasteiger partial charge is 0.407 e. The van der Waals surface area contributed by atoms with Gasteiger partial charge < -0.3 is 110 Å². The molecule has 12 N–H and O–H groups in total. The Morgan fingerprint density at radius 2 is 1.71 bits per heavy atom. The number of methoxy groups -OCH3 is 2. The summed E-state index contributed by atoms with van der Waals surface area (Å²) in [6.45, 7) is 0.625. The van der Waals surface area contributed by atoms with Gasteiger partial charge in [0, 0.05) is 33.4 Å². The first-order valence-electron chi connectivity index (χ1n) is 19.8. The van der Waals surface area contributed by atoms with E-state index >= 15 is 0 Å². The zero-order valence-electron chi connectivity index (χ0n) is 35.3. The number of unbranched alkanes of at least 4 members (excludes halogenated alkanes) is 1. The number of phosphoric acid groups is 1. The van der Waals surface area contributed by atoms with Crippen LogP contribution in [0.1, 0.15) is 25.7 Å². The third kappa shape index (κ3) is 16.4. The van der Waals surface area contributed by atoms with Gasteiger partial charge >= 0.3 is 12.2 Å². The number of carbonyl (C=O) groups excluding carboxylic acids is 5. The van der Waals surface area contributed by atoms with Crippen LogP contribution in [-0.2, 0) is 56.4 Å². The molecule has 0 aliphatic carbocycles. The number of carboxylic acids is 1. The standard InChI is InChI=1S/C35H58N7O22P/c1-18-39-23(36)7-9-42(18)31-28(49)27(48)22(62-31)17-61-65(55,56)64-35(32(51)52)14-20(44)25(29(63-35)26(47)21(45)16-43)41-24(46)15-38-30(50)19(40-34(54)60-13-11-58-3)6-4-5-8-37-33(53)59-12-10-57-2/h7,9,19-22,25-29,31,43-45,47-49H,1,4-6,8,10-17H2,2-3H3,(H2,36,39)(H,37,53)(H,38,50)(H,40,54)(H,41,46)(H,51,52)(H,55,56)/p-2/t19-,20?,21+,22?,25?,26+,27+,28+,29?,31+,35?/m0/s1. The van der Waals surface area contributed by atoms with E-state index in [0.717, 1.165) is 0 Å². The molecule has 65 heavy (non-hydrogen) atoms. The van der Waals surface area contributed by atoms with Gasteiger partial charge in [0.1, 0.15) is 73.5 Å². The molecule has 0 spiro atoms. The molecule has 2 saturated heterocycles. The Morgan fingerprint density at radius 3 is 2.32 bits per heavy atom. The largest absolute Gasteiger partial charge is 0.756 e. The van der Waals surface area contributed by atoms with Gasteiger partial charge in [-0.05, 0) is 25.3 Å². The van der Waals surface area contributed by atoms with Gasteiger partial charge in [-0.1, -0.05) is 6.58 Å². The third-order valence-corrected chi connectivity index (χ3v) is 10.6. The first kappa shape index (κ1) is 54.7. The summed E-state index contributed by atoms with van der Waals surface area (Å²) in [5.74, 6) is -8.04. The maximum absolute atomic E-state index is 13.2. The minimum atomic E-state index is -5.95. The van der Waals surface area contributed by atoms with Crippen molar-refractivity contribution >= 4 is 43.6 Å². The lowest BCUT2D eigenvalue weighted by Gasteiger charge is -2.50. The highest BCUT2D eigenvalue weighted by Crippen LogP contribution is 2.48. The molecule has 2 fully saturated rings. The van der Waals surface area contributed by atoms with Gasteiger partial charge in [-0.15, -0.1) is 0 Å². The van der Waals surface area contributed by atoms with Crippen molar-refractivity contribution in [2.45, 2.75) is 92.5 Å². The summed E-state index contributed by atoms with van der Waals surface area (Å²) in [7, 11) is -3.16. The summed E-state index contributed by atoms with van der Waals surface area (Å²) in [6.07, 6.45) is -15.5. The molecule has 6 unspecified atom stereocenters. The fraction of sp³-hybridized carbons (Fsp3) is 0.714. The number of nitrogens with one attached hydrogen (secondary N) is 4. The molecule has 0 radical (unpaired) electrons. The Labute approximate surface area is 371 Å². The molecule has 0 aromatic carbocycles. The number of carbonyl (C=O) groups is 5. The van der Waals surface area contributed by atoms with Crippen molar-refractivity contribution in [1.29, 1.82) is 0 Å². The van der Waals surface area contributed by atoms with E-state index in [1.54, 1.807) is 0 Å². The summed E-state index contributed by atoms with van der Waals surface area (Å²) in [6, 6.07) is -3.23. The second-order valence-electron chi connectivity index (χ2n) is 14.4. The molecule has 4 amide bonds. The van der Waals surface area contributed by atoms with E-state index in [0.29, 0.717) is 6.42 Å². The minimum Gasteiger partial charge on any atom is -0.756 e. The van der Waals surface area contributed by atoms with Crippen molar-refractivity contribution in [3.05, 3.63) is 24.7 Å². The van der Waals surface area contributed by atoms with Crippen LogP contribution in [0.15, 0.2) is 29.7 Å². The Morgan fingerprint density at radius 1 is 1.05 bits per heavy atom. The molecular weight excluding hydrogens is 901 g/mol. The molecular formula is C35H56N7O22P-2. The number of carboxylic acid groups (broad SMARTS) is 1. The van der Waals surface area contributed by atoms with Gasteiger partial charge in [0.25, 0.3) is 7.82 Å². The van der Waals surface area contributed by atoms with Crippen LogP contribution in [-0.4, -0.2) is 205 Å². The minimum absolute atomic E-state index is 0.0146. The molecule has 0 bridgehead atoms. The molecule has 0 aromatic heterocycles. The van der Waals surface area contributed by atoms with E-state index in [9.17, 15) is 69.2 Å². The molecule has 12 atom stereocenters. The zero-order valence-corrected chi connectivity index (χ0v) is 36.1. The third-order valence-electron chi connectivity index (χ3n) is 9.62. The van der Waals surface area contributed by atoms with Gasteiger partial charge in [0.2, 0.25) is 17.6 Å². The number of hydrogen-bond acceptors (Lipinski definition) is 25. The molecule has 29 nitrogen and oxygen atoms in total. The average molecular weight is 958 g/mol. The van der Waals surface area contributed by atoms with Crippen LogP contribution in [0.25, 0.3) is 0 Å². The number of aliphatic imine (C=N–C) groups is 1. The average Bonchev–Trinajstić information content (AvgIpc) is 3.53. The van der Waals surface area contributed by atoms with Crippen LogP contribution in [0, 0.1) is 0 Å². The fourth-order valence-corrected chi connectivity index (χ4v) is 7.23. The van der Waals surface area contributed by atoms with E-state index in [1.165, 1.54) is 31.4 Å². The van der Waals surface area contributed by atoms with Gasteiger partial charge in [-0.3, -0.25) is 18.7 Å². The first-order chi connectivity index (χ1) is 30.7. The number of ether oxygens (including phenoxy) is 6. The highest BCUT2D eigenvalue weighted by atomic mass is 31.2. The van der Waals surface area contributed by atoms with Gasteiger partial charge in [0.05, 0.1) is 45.1 Å². The lowest BCUT2D eigenvalue weighted by atomic mass is 9.88. The van der Waals surface area contributed by atoms with Crippen LogP contribution in [0.3, 0.4) is 0 Å². The van der Waals surface area contributed by atoms with E-state index in [2.05, 4.69) is 32.8 Å². The number of aliphatic hydroxyl groups is 6. The van der Waals surface area contributed by atoms with E-state index in [4.69, 9.17) is 43.2 Å². The number of amidine groups is 1. The molecule has 3 aliphatic heterocycles. The Balaban J connectivity index is 1.68. The summed E-state index contributed by atoms with van der Waals surface area (Å²) in [5, 5.41) is 84.7. The van der Waals surface area contributed by atoms with Crippen molar-refractivity contribution in [2.24, 2.45) is 10.7 Å². The van der Waals surface area contributed by atoms with Crippen molar-refractivity contribution in [2.75, 3.05) is 67.0 Å². The van der Waals surface area contributed by atoms with Crippen LogP contribution in [0.2, 0.25) is 0 Å². The summed E-state index contributed by atoms with van der Waals surface area (Å²) in [5.41, 5.74) is 5.61. The molecule has 30 heteroatoms. The number of alkyl carbamates (subject to hydrolysis) is 2. The van der Waals surface area contributed by atoms with Gasteiger partial charge in [-0.2, -0.15) is 0 Å². The predicted molar refractivity (Wildman–Crippen MR) is 210 cm³/mol. The number of hydrogen-bond donors (Lipinski definition) is 11. The van der Waals surface area contributed by atoms with E-state index in [1.807, 2.05) is 0 Å². The van der Waals surface area contributed by atoms with Crippen molar-refractivity contribution in [1.82, 2.24) is 26.2 Å². The molecule has 3 aliphatic rings. The lowest BCUT2D eigenvalue weighted by Crippen LogP contribution is -2.70. The highest BCUT2D eigenvalue weighted by Gasteiger charge is 2.54. The number of rotatable bonds is 26. The van der Waals surface area contributed by atoms with Crippen LogP contribution >= 0.6 is 7.82 Å². The Kier molecular flexibility index (Phi) is 21.8. The normalized spacial score (nSPS) is 27.6. The van der Waals surface area contributed by atoms with Gasteiger partial charge in [0.15, 0.2) is 6.23 Å². The van der Waals surface area contributed by atoms with Crippen LogP contribution in [0.4, 0.5) is 9.59 Å². The number of aliphatic carboxylic acids is 1. The lowest BCUT2D eigenvalue weighted by molar-refractivity contribution is -0.377. The van der Waals surface area contributed by atoms with E-state index < -0.39 is 131 Å². The quantitative estimate of drug-likeness (QED) is 0.0283. The Hall–Kier alpha value is -4.59. The molecule has 3 heterocycles. The van der Waals surface area contributed by atoms with Crippen LogP contribution < -0.4 is 37.0 Å². The fourth-order valence-electron chi connectivity index (χ4n) is 6.29. The molecule has 0 aromatic rings. The number of phosphoric ester groups is 1. The summed E-state index contributed by atoms with van der Waals surface area (Å²) in [4.78, 5) is 81.2. The topological polar surface area (TPSA) is 434 Å². The monoisotopic (exact) mass is 957 g/mol. The summed E-state index contributed by atoms with van der Waals surface area (Å²) < 4.78 is 52.9. The predicted octanol–water partition coefficient (Wildman–Crippen LogP) is -7.21. The first-order valence-corrected chi connectivity index (χ1v) is 21.3. The number of amides is 4. The molecule has 3 rings (SSSR count). The van der Waals surface area contributed by atoms with Crippen molar-refractivity contribution in [3.63, 3.8) is 0 Å². The second-order valence-corrected chi connectivity index (χ2v) is 15.7. The molecule has 0 saturated carbocycles. The second kappa shape index (κ2) is 25.9. The van der Waals surface area contributed by atoms with Crippen molar-refractivity contribution in [3.8, 4) is 0 Å². The van der Waals surface area contributed by atoms with Gasteiger partial charge in [-0.25, -0.2) is 14.6 Å².